The first kappa shape index (κ1) is 75.1. The highest BCUT2D eigenvalue weighted by atomic mass is 16.4. The molecule has 32 nitrogen and oxygen atoms in total. The Balaban J connectivity index is 2.33. The molecule has 2 rings (SSSR count). The third kappa shape index (κ3) is 25.1. The summed E-state index contributed by atoms with van der Waals surface area (Å²) in [5, 5.41) is 50.9. The van der Waals surface area contributed by atoms with Gasteiger partial charge in [0.2, 0.25) is 70.9 Å². The maximum atomic E-state index is 14.5. The summed E-state index contributed by atoms with van der Waals surface area (Å²) in [6, 6.07) is -14.6. The molecule has 12 amide bonds. The molecule has 0 bridgehead atoms. The minimum absolute atomic E-state index is 0.0266. The predicted octanol–water partition coefficient (Wildman–Crippen LogP) is -4.10. The fourth-order valence-electron chi connectivity index (χ4n) is 9.75. The molecular weight excluding hydrogens is 1140 g/mol. The Labute approximate surface area is 505 Å². The third-order valence-electron chi connectivity index (χ3n) is 14.6. The molecule has 18 N–H and O–H groups in total. The van der Waals surface area contributed by atoms with E-state index in [2.05, 4.69) is 47.9 Å². The van der Waals surface area contributed by atoms with Crippen LogP contribution < -0.4 is 65.1 Å². The second-order valence-corrected chi connectivity index (χ2v) is 23.0. The van der Waals surface area contributed by atoms with Gasteiger partial charge in [-0.05, 0) is 109 Å². The zero-order valence-electron chi connectivity index (χ0n) is 50.9. The molecule has 2 fully saturated rings. The molecule has 0 aliphatic carbocycles. The quantitative estimate of drug-likeness (QED) is 0.0261. The van der Waals surface area contributed by atoms with Crippen LogP contribution in [0.25, 0.3) is 0 Å². The van der Waals surface area contributed by atoms with Gasteiger partial charge in [0.25, 0.3) is 0 Å². The van der Waals surface area contributed by atoms with Gasteiger partial charge in [-0.2, -0.15) is 0 Å². The summed E-state index contributed by atoms with van der Waals surface area (Å²) in [7, 11) is 0. The van der Waals surface area contributed by atoms with E-state index in [1.807, 2.05) is 0 Å². The zero-order chi connectivity index (χ0) is 66.0. The van der Waals surface area contributed by atoms with Gasteiger partial charge in [0, 0.05) is 32.4 Å². The van der Waals surface area contributed by atoms with Crippen LogP contribution in [0, 0.1) is 17.8 Å². The highest BCUT2D eigenvalue weighted by Gasteiger charge is 2.44. The normalized spacial score (nSPS) is 17.9. The molecule has 11 atom stereocenters. The number of unbranched alkanes of at least 4 members (excludes halogenated alkanes) is 1. The highest BCUT2D eigenvalue weighted by molar-refractivity contribution is 6.00. The van der Waals surface area contributed by atoms with E-state index in [1.165, 1.54) is 23.6 Å². The van der Waals surface area contributed by atoms with Crippen molar-refractivity contribution in [2.75, 3.05) is 26.2 Å². The second-order valence-electron chi connectivity index (χ2n) is 23.0. The molecule has 490 valence electrons. The van der Waals surface area contributed by atoms with Crippen molar-refractivity contribution in [3.8, 4) is 0 Å². The van der Waals surface area contributed by atoms with Gasteiger partial charge in [-0.15, -0.1) is 0 Å². The molecule has 2 aliphatic heterocycles. The van der Waals surface area contributed by atoms with Crippen molar-refractivity contribution >= 4 is 88.8 Å². The molecule has 2 aliphatic rings. The van der Waals surface area contributed by atoms with Crippen LogP contribution in [0.4, 0.5) is 0 Å². The average Bonchev–Trinajstić information content (AvgIpc) is 3.48. The summed E-state index contributed by atoms with van der Waals surface area (Å²) in [5.41, 5.74) is 16.3. The standard InChI is InChI=1S/C55H92N14O18/c1-27(2)25-36(49(80)66-43(28(3)4)52(83)62-32(13-9-10-22-56)47(78)61-33(16-19-39(58)70)48(79)64-35(55(86)87)18-21-42(74)75)65-50(81)37-14-12-24-69(37)54(85)44(29(5)6)67-51(82)38-15-11-23-68(38)53(84)34(17-20-41(72)73)63-46(77)31(8)60-45(76)30(7)59-40(71)26-57/h27-38,43-44H,9-26,56-57H2,1-8H3,(H2,58,70)(H,59,71)(H,60,76)(H,61,78)(H,62,83)(H,63,77)(H,64,79)(H,65,81)(H,66,80)(H,67,82)(H,72,73)(H,74,75)(H,86,87)/t30-,31-,32-,33-,34-,35-,36-,37-,38-,43-,44-/m0/s1. The predicted molar refractivity (Wildman–Crippen MR) is 309 cm³/mol. The number of nitrogens with zero attached hydrogens (tertiary/aromatic N) is 2. The fraction of sp³-hybridized carbons (Fsp3) is 0.727. The van der Waals surface area contributed by atoms with Crippen LogP contribution in [0.5, 0.6) is 0 Å². The minimum Gasteiger partial charge on any atom is -0.481 e. The van der Waals surface area contributed by atoms with E-state index in [0.717, 1.165) is 0 Å². The molecule has 87 heavy (non-hydrogen) atoms. The number of aliphatic carboxylic acids is 3. The Morgan fingerprint density at radius 1 is 0.460 bits per heavy atom. The van der Waals surface area contributed by atoms with E-state index < -0.39 is 206 Å². The van der Waals surface area contributed by atoms with Gasteiger partial charge in [-0.1, -0.05) is 41.5 Å². The maximum Gasteiger partial charge on any atom is 0.326 e. The van der Waals surface area contributed by atoms with Crippen LogP contribution in [0.3, 0.4) is 0 Å². The molecule has 2 saturated heterocycles. The number of hydrogen-bond donors (Lipinski definition) is 15. The Bertz CT molecular complexity index is 2480. The number of primary amides is 1. The van der Waals surface area contributed by atoms with E-state index in [-0.39, 0.29) is 64.1 Å². The van der Waals surface area contributed by atoms with Crippen molar-refractivity contribution in [3.05, 3.63) is 0 Å². The van der Waals surface area contributed by atoms with Crippen LogP contribution in [0.1, 0.15) is 145 Å². The summed E-state index contributed by atoms with van der Waals surface area (Å²) in [6.45, 7) is 12.7. The molecule has 0 spiro atoms. The molecule has 0 aromatic heterocycles. The average molecular weight is 1240 g/mol. The maximum absolute atomic E-state index is 14.5. The molecular formula is C55H92N14O18. The largest absolute Gasteiger partial charge is 0.481 e. The molecule has 0 aromatic carbocycles. The molecule has 0 aromatic rings. The van der Waals surface area contributed by atoms with Crippen molar-refractivity contribution in [2.24, 2.45) is 35.0 Å². The third-order valence-corrected chi connectivity index (χ3v) is 14.6. The second kappa shape index (κ2) is 36.8. The molecule has 0 radical (unpaired) electrons. The number of nitrogens with two attached hydrogens (primary N) is 3. The topological polar surface area (TPSA) is 510 Å². The first-order valence-corrected chi connectivity index (χ1v) is 29.4. The van der Waals surface area contributed by atoms with Gasteiger partial charge in [0.15, 0.2) is 0 Å². The van der Waals surface area contributed by atoms with E-state index in [0.29, 0.717) is 19.3 Å². The first-order valence-electron chi connectivity index (χ1n) is 29.4. The number of nitrogens with one attached hydrogen (secondary N) is 9. The lowest BCUT2D eigenvalue weighted by Crippen LogP contribution is -2.61. The smallest absolute Gasteiger partial charge is 0.326 e. The number of hydrogen-bond acceptors (Lipinski definition) is 17. The van der Waals surface area contributed by atoms with Gasteiger partial charge in [-0.25, -0.2) is 4.79 Å². The first-order chi connectivity index (χ1) is 40.7. The number of carboxylic acids is 3. The Hall–Kier alpha value is -8.03. The van der Waals surface area contributed by atoms with Crippen molar-refractivity contribution in [2.45, 2.75) is 212 Å². The van der Waals surface area contributed by atoms with Gasteiger partial charge in [0.05, 0.1) is 6.54 Å². The van der Waals surface area contributed by atoms with Crippen LogP contribution in [-0.4, -0.2) is 207 Å². The van der Waals surface area contributed by atoms with Crippen molar-refractivity contribution in [1.29, 1.82) is 0 Å². The number of rotatable bonds is 38. The lowest BCUT2D eigenvalue weighted by atomic mass is 9.98. The summed E-state index contributed by atoms with van der Waals surface area (Å²) in [4.78, 5) is 200. The Morgan fingerprint density at radius 3 is 1.40 bits per heavy atom. The van der Waals surface area contributed by atoms with Crippen molar-refractivity contribution in [3.63, 3.8) is 0 Å². The van der Waals surface area contributed by atoms with Gasteiger partial charge < -0.3 is 90.2 Å². The van der Waals surface area contributed by atoms with Gasteiger partial charge in [0.1, 0.15) is 66.5 Å². The lowest BCUT2D eigenvalue weighted by Gasteiger charge is -2.33. The summed E-state index contributed by atoms with van der Waals surface area (Å²) < 4.78 is 0. The summed E-state index contributed by atoms with van der Waals surface area (Å²) in [5.74, 6) is -15.3. The number of amides is 12. The number of carboxylic acid groups (broad SMARTS) is 3. The van der Waals surface area contributed by atoms with Crippen LogP contribution >= 0.6 is 0 Å². The highest BCUT2D eigenvalue weighted by Crippen LogP contribution is 2.24. The number of carbonyl (C=O) groups is 15. The van der Waals surface area contributed by atoms with Gasteiger partial charge in [-0.3, -0.25) is 67.1 Å². The van der Waals surface area contributed by atoms with Gasteiger partial charge >= 0.3 is 17.9 Å². The van der Waals surface area contributed by atoms with Crippen molar-refractivity contribution in [1.82, 2.24) is 57.7 Å². The summed E-state index contributed by atoms with van der Waals surface area (Å²) >= 11 is 0. The number of likely N-dealkylation sites (tertiary alicyclic amines) is 2. The zero-order valence-corrected chi connectivity index (χ0v) is 50.9. The van der Waals surface area contributed by atoms with Crippen LogP contribution in [0.2, 0.25) is 0 Å². The number of carbonyl (C=O) groups excluding carboxylic acids is 12. The van der Waals surface area contributed by atoms with E-state index in [9.17, 15) is 82.1 Å². The van der Waals surface area contributed by atoms with E-state index in [4.69, 9.17) is 22.3 Å². The van der Waals surface area contributed by atoms with Crippen LogP contribution in [-0.2, 0) is 71.9 Å². The summed E-state index contributed by atoms with van der Waals surface area (Å²) in [6.07, 6.45) is -1.28. The van der Waals surface area contributed by atoms with Crippen molar-refractivity contribution < 1.29 is 87.2 Å². The molecule has 0 saturated carbocycles. The molecule has 2 heterocycles. The Morgan fingerprint density at radius 2 is 0.908 bits per heavy atom. The fourth-order valence-corrected chi connectivity index (χ4v) is 9.75. The monoisotopic (exact) mass is 1240 g/mol. The molecule has 0 unspecified atom stereocenters. The lowest BCUT2D eigenvalue weighted by molar-refractivity contribution is -0.145. The minimum atomic E-state index is -1.68. The van der Waals surface area contributed by atoms with E-state index >= 15 is 0 Å². The van der Waals surface area contributed by atoms with E-state index in [1.54, 1.807) is 41.5 Å². The van der Waals surface area contributed by atoms with Crippen LogP contribution in [0.15, 0.2) is 0 Å². The molecule has 32 heteroatoms. The Kier molecular flexibility index (Phi) is 31.8. The SMILES string of the molecule is CC(C)C[C@H](NC(=O)[C@@H]1CCCN1C(=O)[C@@H](NC(=O)[C@@H]1CCCN1C(=O)[C@H](CCC(=O)O)NC(=O)[C@H](C)NC(=O)[C@H](C)NC(=O)CN)C(C)C)C(=O)N[C@H](C(=O)N[C@@H](CCCCN)C(=O)N[C@@H](CCC(N)=O)C(=O)N[C@@H](CCC(=O)O)C(=O)O)C(C)C.